The van der Waals surface area contributed by atoms with E-state index < -0.39 is 0 Å². The molecular formula is C12H23NO. The largest absolute Gasteiger partial charge is 0.345 e. The van der Waals surface area contributed by atoms with Crippen LogP contribution in [-0.2, 0) is 4.79 Å². The second-order valence-corrected chi connectivity index (χ2v) is 4.11. The van der Waals surface area contributed by atoms with E-state index in [2.05, 4.69) is 13.8 Å². The molecule has 1 atom stereocenters. The molecule has 0 fully saturated rings. The van der Waals surface area contributed by atoms with Gasteiger partial charge in [0, 0.05) is 19.7 Å². The van der Waals surface area contributed by atoms with Crippen LogP contribution < -0.4 is 0 Å². The number of carbonyl (C=O) groups is 1. The number of carbonyl (C=O) groups excluding carboxylic acids is 1. The van der Waals surface area contributed by atoms with Gasteiger partial charge in [0.2, 0.25) is 5.91 Å². The fourth-order valence-electron chi connectivity index (χ4n) is 1.59. The minimum atomic E-state index is 0.149. The first kappa shape index (κ1) is 13.2. The summed E-state index contributed by atoms with van der Waals surface area (Å²) in [6, 6.07) is 0. The Balaban J connectivity index is 4.24. The zero-order chi connectivity index (χ0) is 11.1. The quantitative estimate of drug-likeness (QED) is 0.621. The van der Waals surface area contributed by atoms with Crippen LogP contribution in [0.4, 0.5) is 0 Å². The lowest BCUT2D eigenvalue weighted by Gasteiger charge is -2.16. The van der Waals surface area contributed by atoms with Crippen LogP contribution in [0.5, 0.6) is 0 Å². The monoisotopic (exact) mass is 197 g/mol. The molecule has 0 aliphatic heterocycles. The average molecular weight is 197 g/mol. The van der Waals surface area contributed by atoms with Gasteiger partial charge in [-0.1, -0.05) is 32.8 Å². The highest BCUT2D eigenvalue weighted by atomic mass is 16.2. The SMILES string of the molecule is CC=C(CC(C)CCC)C(=O)N(C)C. The number of likely N-dealkylation sites (N-methyl/N-ethyl adjacent to an activating group) is 1. The summed E-state index contributed by atoms with van der Waals surface area (Å²) in [4.78, 5) is 13.3. The van der Waals surface area contributed by atoms with E-state index >= 15 is 0 Å². The summed E-state index contributed by atoms with van der Waals surface area (Å²) >= 11 is 0. The predicted molar refractivity (Wildman–Crippen MR) is 61.1 cm³/mol. The maximum absolute atomic E-state index is 11.7. The molecule has 0 rings (SSSR count). The molecule has 0 bridgehead atoms. The van der Waals surface area contributed by atoms with E-state index in [-0.39, 0.29) is 5.91 Å². The molecule has 0 N–H and O–H groups in total. The van der Waals surface area contributed by atoms with Gasteiger partial charge < -0.3 is 4.90 Å². The Kier molecular flexibility index (Phi) is 6.26. The van der Waals surface area contributed by atoms with E-state index in [4.69, 9.17) is 0 Å². The number of hydrogen-bond acceptors (Lipinski definition) is 1. The van der Waals surface area contributed by atoms with Gasteiger partial charge in [-0.2, -0.15) is 0 Å². The average Bonchev–Trinajstić information content (AvgIpc) is 2.13. The molecule has 1 amide bonds. The molecule has 1 unspecified atom stereocenters. The Morgan fingerprint density at radius 3 is 2.36 bits per heavy atom. The first-order chi connectivity index (χ1) is 6.52. The Morgan fingerprint density at radius 2 is 2.00 bits per heavy atom. The van der Waals surface area contributed by atoms with E-state index in [9.17, 15) is 4.79 Å². The number of amides is 1. The van der Waals surface area contributed by atoms with Gasteiger partial charge in [0.1, 0.15) is 0 Å². The molecule has 0 radical (unpaired) electrons. The molecule has 2 heteroatoms. The maximum Gasteiger partial charge on any atom is 0.248 e. The number of nitrogens with zero attached hydrogens (tertiary/aromatic N) is 1. The molecule has 0 spiro atoms. The maximum atomic E-state index is 11.7. The Bertz CT molecular complexity index is 206. The Morgan fingerprint density at radius 1 is 1.43 bits per heavy atom. The second-order valence-electron chi connectivity index (χ2n) is 4.11. The van der Waals surface area contributed by atoms with Crippen molar-refractivity contribution in [1.29, 1.82) is 0 Å². The third-order valence-corrected chi connectivity index (χ3v) is 2.38. The molecule has 2 nitrogen and oxygen atoms in total. The van der Waals surface area contributed by atoms with Gasteiger partial charge in [-0.15, -0.1) is 0 Å². The highest BCUT2D eigenvalue weighted by Crippen LogP contribution is 2.17. The van der Waals surface area contributed by atoms with Crippen LogP contribution in [0.3, 0.4) is 0 Å². The minimum Gasteiger partial charge on any atom is -0.345 e. The van der Waals surface area contributed by atoms with Crippen molar-refractivity contribution in [2.24, 2.45) is 5.92 Å². The lowest BCUT2D eigenvalue weighted by Crippen LogP contribution is -2.24. The van der Waals surface area contributed by atoms with Crippen LogP contribution in [0.2, 0.25) is 0 Å². The van der Waals surface area contributed by atoms with Gasteiger partial charge in [-0.05, 0) is 19.3 Å². The van der Waals surface area contributed by atoms with E-state index in [1.54, 1.807) is 19.0 Å². The van der Waals surface area contributed by atoms with E-state index in [0.29, 0.717) is 5.92 Å². The van der Waals surface area contributed by atoms with Crippen molar-refractivity contribution < 1.29 is 4.79 Å². The second kappa shape index (κ2) is 6.63. The number of allylic oxidation sites excluding steroid dienone is 1. The van der Waals surface area contributed by atoms with Crippen LogP contribution in [0.1, 0.15) is 40.0 Å². The zero-order valence-corrected chi connectivity index (χ0v) is 10.1. The molecule has 0 saturated carbocycles. The highest BCUT2D eigenvalue weighted by Gasteiger charge is 2.13. The van der Waals surface area contributed by atoms with E-state index in [1.807, 2.05) is 13.0 Å². The first-order valence-electron chi connectivity index (χ1n) is 5.39. The van der Waals surface area contributed by atoms with Crippen molar-refractivity contribution in [1.82, 2.24) is 4.90 Å². The van der Waals surface area contributed by atoms with Crippen LogP contribution >= 0.6 is 0 Å². The third kappa shape index (κ3) is 4.45. The summed E-state index contributed by atoms with van der Waals surface area (Å²) in [5.74, 6) is 0.755. The molecule has 0 saturated heterocycles. The molecule has 0 aromatic heterocycles. The highest BCUT2D eigenvalue weighted by molar-refractivity contribution is 5.92. The molecular weight excluding hydrogens is 174 g/mol. The van der Waals surface area contributed by atoms with Gasteiger partial charge in [0.05, 0.1) is 0 Å². The molecule has 0 aliphatic carbocycles. The summed E-state index contributed by atoms with van der Waals surface area (Å²) < 4.78 is 0. The minimum absolute atomic E-state index is 0.149. The van der Waals surface area contributed by atoms with Crippen molar-refractivity contribution in [3.63, 3.8) is 0 Å². The summed E-state index contributed by atoms with van der Waals surface area (Å²) in [7, 11) is 3.60. The van der Waals surface area contributed by atoms with Crippen LogP contribution in [-0.4, -0.2) is 24.9 Å². The zero-order valence-electron chi connectivity index (χ0n) is 10.1. The van der Waals surface area contributed by atoms with Gasteiger partial charge in [-0.25, -0.2) is 0 Å². The molecule has 0 heterocycles. The topological polar surface area (TPSA) is 20.3 Å². The lowest BCUT2D eigenvalue weighted by atomic mass is 9.96. The lowest BCUT2D eigenvalue weighted by molar-refractivity contribution is -0.125. The first-order valence-corrected chi connectivity index (χ1v) is 5.39. The summed E-state index contributed by atoms with van der Waals surface area (Å²) in [6.45, 7) is 6.32. The van der Waals surface area contributed by atoms with Crippen LogP contribution in [0.25, 0.3) is 0 Å². The Hall–Kier alpha value is -0.790. The number of rotatable bonds is 5. The van der Waals surface area contributed by atoms with Crippen molar-refractivity contribution in [2.45, 2.75) is 40.0 Å². The molecule has 82 valence electrons. The smallest absolute Gasteiger partial charge is 0.248 e. The van der Waals surface area contributed by atoms with Gasteiger partial charge >= 0.3 is 0 Å². The van der Waals surface area contributed by atoms with Crippen molar-refractivity contribution in [3.8, 4) is 0 Å². The molecule has 0 aromatic carbocycles. The van der Waals surface area contributed by atoms with Crippen LogP contribution in [0, 0.1) is 5.92 Å². The van der Waals surface area contributed by atoms with E-state index in [1.165, 1.54) is 12.8 Å². The van der Waals surface area contributed by atoms with Gasteiger partial charge in [0.15, 0.2) is 0 Å². The molecule has 0 aromatic rings. The van der Waals surface area contributed by atoms with Crippen molar-refractivity contribution in [2.75, 3.05) is 14.1 Å². The summed E-state index contributed by atoms with van der Waals surface area (Å²) in [5, 5.41) is 0. The van der Waals surface area contributed by atoms with Gasteiger partial charge in [-0.3, -0.25) is 4.79 Å². The van der Waals surface area contributed by atoms with Crippen molar-refractivity contribution >= 4 is 5.91 Å². The Labute approximate surface area is 88.0 Å². The third-order valence-electron chi connectivity index (χ3n) is 2.38. The van der Waals surface area contributed by atoms with Crippen LogP contribution in [0.15, 0.2) is 11.6 Å². The predicted octanol–water partition coefficient (Wildman–Crippen LogP) is 2.85. The van der Waals surface area contributed by atoms with E-state index in [0.717, 1.165) is 12.0 Å². The standard InChI is InChI=1S/C12H23NO/c1-6-8-10(3)9-11(7-2)12(14)13(4)5/h7,10H,6,8-9H2,1-5H3. The number of hydrogen-bond donors (Lipinski definition) is 0. The fourth-order valence-corrected chi connectivity index (χ4v) is 1.59. The summed E-state index contributed by atoms with van der Waals surface area (Å²) in [5.41, 5.74) is 0.941. The van der Waals surface area contributed by atoms with Gasteiger partial charge in [0.25, 0.3) is 0 Å². The molecule has 0 aliphatic rings. The summed E-state index contributed by atoms with van der Waals surface area (Å²) in [6.07, 6.45) is 5.22. The normalized spacial score (nSPS) is 13.9. The fraction of sp³-hybridized carbons (Fsp3) is 0.750. The van der Waals surface area contributed by atoms with Crippen molar-refractivity contribution in [3.05, 3.63) is 11.6 Å². The molecule has 14 heavy (non-hydrogen) atoms.